The molecular formula is C31H39Cl2FN4O4. The minimum absolute atomic E-state index is 0.0972. The summed E-state index contributed by atoms with van der Waals surface area (Å²) in [6, 6.07) is 8.46. The molecular weight excluding hydrogens is 582 g/mol. The lowest BCUT2D eigenvalue weighted by Crippen LogP contribution is -2.49. The van der Waals surface area contributed by atoms with Gasteiger partial charge in [0.15, 0.2) is 0 Å². The quantitative estimate of drug-likeness (QED) is 0.307. The zero-order chi connectivity index (χ0) is 30.4. The Bertz CT molecular complexity index is 1350. The molecule has 0 bridgehead atoms. The third-order valence-corrected chi connectivity index (χ3v) is 9.21. The number of benzene rings is 2. The van der Waals surface area contributed by atoms with Gasteiger partial charge in [0.25, 0.3) is 0 Å². The van der Waals surface area contributed by atoms with E-state index in [-0.39, 0.29) is 34.9 Å². The fraction of sp³-hybridized carbons (Fsp3) is 0.548. The molecule has 6 atom stereocenters. The fourth-order valence-corrected chi connectivity index (χ4v) is 7.34. The molecule has 2 fully saturated rings. The molecule has 11 heteroatoms. The van der Waals surface area contributed by atoms with Crippen LogP contribution in [0.5, 0.6) is 0 Å². The minimum atomic E-state index is -1.32. The van der Waals surface area contributed by atoms with Crippen LogP contribution >= 0.6 is 23.2 Å². The van der Waals surface area contributed by atoms with Crippen molar-refractivity contribution in [3.8, 4) is 0 Å². The Morgan fingerprint density at radius 3 is 2.69 bits per heavy atom. The van der Waals surface area contributed by atoms with Crippen molar-refractivity contribution >= 4 is 40.7 Å². The number of aliphatic hydroxyl groups excluding tert-OH is 2. The summed E-state index contributed by atoms with van der Waals surface area (Å²) < 4.78 is 15.0. The summed E-state index contributed by atoms with van der Waals surface area (Å²) >= 11 is 12.5. The number of carbonyl (C=O) groups is 2. The molecule has 0 aliphatic carbocycles. The van der Waals surface area contributed by atoms with Crippen LogP contribution in [0.3, 0.4) is 0 Å². The average molecular weight is 622 g/mol. The van der Waals surface area contributed by atoms with Gasteiger partial charge in [0.05, 0.1) is 23.3 Å². The normalized spacial score (nSPS) is 28.2. The van der Waals surface area contributed by atoms with Crippen molar-refractivity contribution in [3.63, 3.8) is 0 Å². The van der Waals surface area contributed by atoms with Gasteiger partial charge in [0.1, 0.15) is 11.2 Å². The van der Waals surface area contributed by atoms with Gasteiger partial charge in [-0.3, -0.25) is 14.5 Å². The van der Waals surface area contributed by atoms with E-state index in [0.717, 1.165) is 6.54 Å². The molecule has 2 aromatic rings. The zero-order valence-corrected chi connectivity index (χ0v) is 25.6. The summed E-state index contributed by atoms with van der Waals surface area (Å²) in [5.74, 6) is -2.01. The van der Waals surface area contributed by atoms with Crippen molar-refractivity contribution in [1.82, 2.24) is 15.5 Å². The van der Waals surface area contributed by atoms with Gasteiger partial charge in [-0.05, 0) is 60.1 Å². The van der Waals surface area contributed by atoms with E-state index in [1.54, 1.807) is 18.2 Å². The van der Waals surface area contributed by atoms with Crippen molar-refractivity contribution in [1.29, 1.82) is 0 Å². The number of anilines is 1. The molecule has 3 heterocycles. The van der Waals surface area contributed by atoms with Gasteiger partial charge in [-0.2, -0.15) is 0 Å². The Morgan fingerprint density at radius 1 is 1.26 bits per heavy atom. The number of hydrogen-bond acceptors (Lipinski definition) is 6. The molecule has 42 heavy (non-hydrogen) atoms. The highest BCUT2D eigenvalue weighted by atomic mass is 35.5. The molecule has 2 aromatic carbocycles. The maximum absolute atomic E-state index is 15.0. The monoisotopic (exact) mass is 620 g/mol. The molecule has 228 valence electrons. The van der Waals surface area contributed by atoms with Crippen molar-refractivity contribution in [2.45, 2.75) is 75.7 Å². The molecule has 3 aliphatic heterocycles. The highest BCUT2D eigenvalue weighted by Crippen LogP contribution is 2.57. The van der Waals surface area contributed by atoms with Crippen LogP contribution in [0.2, 0.25) is 10.0 Å². The third-order valence-electron chi connectivity index (χ3n) is 8.68. The van der Waals surface area contributed by atoms with Crippen LogP contribution in [0, 0.1) is 11.2 Å². The van der Waals surface area contributed by atoms with Crippen molar-refractivity contribution < 1.29 is 24.2 Å². The van der Waals surface area contributed by atoms with E-state index in [1.807, 2.05) is 11.0 Å². The number of amides is 2. The summed E-state index contributed by atoms with van der Waals surface area (Å²) in [4.78, 5) is 30.1. The van der Waals surface area contributed by atoms with Gasteiger partial charge in [0.2, 0.25) is 11.8 Å². The molecule has 2 saturated heterocycles. The molecule has 8 nitrogen and oxygen atoms in total. The van der Waals surface area contributed by atoms with Gasteiger partial charge in [0, 0.05) is 48.8 Å². The second-order valence-corrected chi connectivity index (χ2v) is 13.9. The lowest BCUT2D eigenvalue weighted by Gasteiger charge is -2.37. The maximum atomic E-state index is 15.0. The number of fused-ring (bicyclic) bond motifs is 2. The van der Waals surface area contributed by atoms with Crippen molar-refractivity contribution in [2.75, 3.05) is 31.5 Å². The van der Waals surface area contributed by atoms with Gasteiger partial charge >= 0.3 is 0 Å². The van der Waals surface area contributed by atoms with Crippen LogP contribution in [0.15, 0.2) is 36.4 Å². The maximum Gasteiger partial charge on any atom is 0.237 e. The standard InChI is InChI=1S/C31H39Cl2FN4O4/c1-30(2,3)14-25-31(21-12-23(34)22(33)13-24(21)36-29(31)42)26(17-5-4-6-18(32)11-17)27(37-25)28(41)35-9-7-19(39)15-38-10-8-20(40)16-38/h4-6,11-13,19-20,25-27,37,39-40H,7-10,14-16H2,1-3H3,(H,35,41)(H,36,42). The van der Waals surface area contributed by atoms with Crippen LogP contribution in [-0.2, 0) is 15.0 Å². The summed E-state index contributed by atoms with van der Waals surface area (Å²) in [7, 11) is 0. The third kappa shape index (κ3) is 6.05. The second-order valence-electron chi connectivity index (χ2n) is 13.1. The Balaban J connectivity index is 1.49. The van der Waals surface area contributed by atoms with E-state index in [4.69, 9.17) is 23.2 Å². The molecule has 0 aromatic heterocycles. The first-order chi connectivity index (χ1) is 19.8. The SMILES string of the molecule is CC(C)(C)CC1NC(C(=O)NCCC(O)CN2CCC(O)C2)C(c2cccc(Cl)c2)C12C(=O)Nc1cc(Cl)c(F)cc12. The number of carbonyl (C=O) groups excluding carboxylic acids is 2. The summed E-state index contributed by atoms with van der Waals surface area (Å²) in [5.41, 5.74) is 0.0000491. The second kappa shape index (κ2) is 12.0. The molecule has 5 N–H and O–H groups in total. The molecule has 0 saturated carbocycles. The Labute approximate surface area is 255 Å². The Kier molecular flexibility index (Phi) is 8.92. The zero-order valence-electron chi connectivity index (χ0n) is 24.1. The molecule has 5 rings (SSSR count). The fourth-order valence-electron chi connectivity index (χ4n) is 6.97. The Hall–Kier alpha value is -2.27. The summed E-state index contributed by atoms with van der Waals surface area (Å²) in [6.07, 6.45) is 0.494. The van der Waals surface area contributed by atoms with Gasteiger partial charge < -0.3 is 26.2 Å². The van der Waals surface area contributed by atoms with Gasteiger partial charge in [-0.15, -0.1) is 0 Å². The van der Waals surface area contributed by atoms with E-state index in [0.29, 0.717) is 54.2 Å². The van der Waals surface area contributed by atoms with Crippen LogP contribution < -0.4 is 16.0 Å². The predicted octanol–water partition coefficient (Wildman–Crippen LogP) is 3.82. The average Bonchev–Trinajstić information content (AvgIpc) is 3.53. The van der Waals surface area contributed by atoms with E-state index >= 15 is 4.39 Å². The molecule has 0 radical (unpaired) electrons. The molecule has 1 spiro atoms. The first-order valence-electron chi connectivity index (χ1n) is 14.5. The first kappa shape index (κ1) is 31.2. The molecule has 2 amide bonds. The highest BCUT2D eigenvalue weighted by Gasteiger charge is 2.65. The lowest BCUT2D eigenvalue weighted by molar-refractivity contribution is -0.123. The summed E-state index contributed by atoms with van der Waals surface area (Å²) in [6.45, 7) is 8.07. The number of rotatable bonds is 8. The largest absolute Gasteiger partial charge is 0.392 e. The van der Waals surface area contributed by atoms with E-state index < -0.39 is 35.3 Å². The van der Waals surface area contributed by atoms with Crippen LogP contribution in [0.4, 0.5) is 10.1 Å². The first-order valence-corrected chi connectivity index (χ1v) is 15.2. The van der Waals surface area contributed by atoms with Crippen molar-refractivity contribution in [2.24, 2.45) is 5.41 Å². The van der Waals surface area contributed by atoms with Crippen LogP contribution in [0.1, 0.15) is 57.1 Å². The van der Waals surface area contributed by atoms with Crippen LogP contribution in [-0.4, -0.2) is 77.4 Å². The van der Waals surface area contributed by atoms with E-state index in [1.165, 1.54) is 12.1 Å². The van der Waals surface area contributed by atoms with Gasteiger partial charge in [-0.25, -0.2) is 4.39 Å². The molecule has 3 aliphatic rings. The van der Waals surface area contributed by atoms with Crippen LogP contribution in [0.25, 0.3) is 0 Å². The number of aliphatic hydroxyl groups is 2. The number of β-amino-alcohol motifs (C(OH)–C–C–N with tert-alkyl or cyclic N) is 2. The Morgan fingerprint density at radius 2 is 2.02 bits per heavy atom. The molecule has 6 unspecified atom stereocenters. The van der Waals surface area contributed by atoms with Gasteiger partial charge in [-0.1, -0.05) is 56.1 Å². The summed E-state index contributed by atoms with van der Waals surface area (Å²) in [5, 5.41) is 30.1. The smallest absolute Gasteiger partial charge is 0.237 e. The topological polar surface area (TPSA) is 114 Å². The number of nitrogens with one attached hydrogen (secondary N) is 3. The van der Waals surface area contributed by atoms with E-state index in [2.05, 4.69) is 36.7 Å². The van der Waals surface area contributed by atoms with E-state index in [9.17, 15) is 19.8 Å². The number of nitrogens with zero attached hydrogens (tertiary/aromatic N) is 1. The number of hydrogen-bond donors (Lipinski definition) is 5. The minimum Gasteiger partial charge on any atom is -0.392 e. The van der Waals surface area contributed by atoms with Crippen molar-refractivity contribution in [3.05, 3.63) is 63.4 Å². The highest BCUT2D eigenvalue weighted by molar-refractivity contribution is 6.31. The number of halogens is 3. The predicted molar refractivity (Wildman–Crippen MR) is 161 cm³/mol. The lowest BCUT2D eigenvalue weighted by atomic mass is 9.62. The number of likely N-dealkylation sites (tertiary alicyclic amines) is 1.